The number of hydrogen-bond acceptors (Lipinski definition) is 3. The van der Waals surface area contributed by atoms with Gasteiger partial charge in [-0.05, 0) is 24.6 Å². The van der Waals surface area contributed by atoms with Crippen LogP contribution in [0.2, 0.25) is 0 Å². The molecule has 4 nitrogen and oxygen atoms in total. The number of benzene rings is 1. The summed E-state index contributed by atoms with van der Waals surface area (Å²) in [5.74, 6) is 0. The first-order valence-corrected chi connectivity index (χ1v) is 7.72. The van der Waals surface area contributed by atoms with Crippen molar-refractivity contribution < 1.29 is 8.42 Å². The van der Waals surface area contributed by atoms with E-state index in [-0.39, 0.29) is 10.6 Å². The molecule has 0 atom stereocenters. The Morgan fingerprint density at radius 1 is 1.35 bits per heavy atom. The Labute approximate surface area is 111 Å². The smallest absolute Gasteiger partial charge is 0.245 e. The summed E-state index contributed by atoms with van der Waals surface area (Å²) in [6, 6.07) is 4.82. The lowest BCUT2D eigenvalue weighted by atomic mass is 10.3. The molecule has 0 heterocycles. The summed E-state index contributed by atoms with van der Waals surface area (Å²) in [4.78, 5) is 0.177. The van der Waals surface area contributed by atoms with E-state index in [1.165, 1.54) is 10.4 Å². The van der Waals surface area contributed by atoms with E-state index in [9.17, 15) is 8.42 Å². The minimum absolute atomic E-state index is 0.177. The second-order valence-corrected chi connectivity index (χ2v) is 6.50. The lowest BCUT2D eigenvalue weighted by molar-refractivity contribution is 0.427. The summed E-state index contributed by atoms with van der Waals surface area (Å²) in [7, 11) is -3.47. The van der Waals surface area contributed by atoms with Gasteiger partial charge in [-0.2, -0.15) is 4.31 Å². The molecule has 0 amide bonds. The first-order valence-electron chi connectivity index (χ1n) is 5.48. The summed E-state index contributed by atoms with van der Waals surface area (Å²) < 4.78 is 26.8. The van der Waals surface area contributed by atoms with Crippen LogP contribution in [0.15, 0.2) is 27.6 Å². The molecule has 0 radical (unpaired) electrons. The van der Waals surface area contributed by atoms with Crippen molar-refractivity contribution in [2.24, 2.45) is 0 Å². The van der Waals surface area contributed by atoms with Crippen LogP contribution in [0.3, 0.4) is 0 Å². The zero-order chi connectivity index (χ0) is 13.1. The Morgan fingerprint density at radius 2 is 2.00 bits per heavy atom. The van der Waals surface area contributed by atoms with Gasteiger partial charge < -0.3 is 5.73 Å². The van der Waals surface area contributed by atoms with Crippen molar-refractivity contribution >= 4 is 31.6 Å². The highest BCUT2D eigenvalue weighted by Gasteiger charge is 2.24. The summed E-state index contributed by atoms with van der Waals surface area (Å²) in [6.45, 7) is 4.73. The molecule has 0 unspecified atom stereocenters. The molecule has 0 bridgehead atoms. The molecule has 0 spiro atoms. The largest absolute Gasteiger partial charge is 0.398 e. The molecule has 0 aliphatic carbocycles. The fraction of sp³-hybridized carbons (Fsp3) is 0.455. The number of halogens is 1. The predicted octanol–water partition coefficient (Wildman–Crippen LogP) is 2.45. The quantitative estimate of drug-likeness (QED) is 0.847. The fourth-order valence-electron chi connectivity index (χ4n) is 1.59. The topological polar surface area (TPSA) is 63.4 Å². The van der Waals surface area contributed by atoms with Crippen molar-refractivity contribution in [3.05, 3.63) is 22.7 Å². The summed E-state index contributed by atoms with van der Waals surface area (Å²) in [5, 5.41) is 0. The van der Waals surface area contributed by atoms with Crippen molar-refractivity contribution in [2.45, 2.75) is 25.2 Å². The zero-order valence-corrected chi connectivity index (χ0v) is 12.4. The first-order chi connectivity index (χ1) is 7.93. The van der Waals surface area contributed by atoms with Crippen molar-refractivity contribution in [1.29, 1.82) is 0 Å². The van der Waals surface area contributed by atoms with Crippen LogP contribution in [-0.2, 0) is 10.0 Å². The van der Waals surface area contributed by atoms with E-state index in [0.717, 1.165) is 10.9 Å². The number of nitrogens with zero attached hydrogens (tertiary/aromatic N) is 1. The van der Waals surface area contributed by atoms with Crippen LogP contribution in [0.4, 0.5) is 5.69 Å². The van der Waals surface area contributed by atoms with Crippen molar-refractivity contribution in [3.8, 4) is 0 Å². The van der Waals surface area contributed by atoms with E-state index in [1.54, 1.807) is 12.1 Å². The van der Waals surface area contributed by atoms with Gasteiger partial charge >= 0.3 is 0 Å². The number of rotatable bonds is 5. The third kappa shape index (κ3) is 3.20. The Kier molecular flexibility index (Phi) is 4.97. The maximum atomic E-state index is 12.3. The van der Waals surface area contributed by atoms with E-state index in [2.05, 4.69) is 15.9 Å². The highest BCUT2D eigenvalue weighted by atomic mass is 79.9. The first kappa shape index (κ1) is 14.5. The van der Waals surface area contributed by atoms with Crippen LogP contribution in [0.25, 0.3) is 0 Å². The normalized spacial score (nSPS) is 12.0. The second-order valence-electron chi connectivity index (χ2n) is 3.68. The average molecular weight is 321 g/mol. The number of hydrogen-bond donors (Lipinski definition) is 1. The number of nitrogens with two attached hydrogens (primary N) is 1. The van der Waals surface area contributed by atoms with Gasteiger partial charge in [0.15, 0.2) is 0 Å². The molecule has 1 aromatic rings. The van der Waals surface area contributed by atoms with Gasteiger partial charge in [-0.3, -0.25) is 0 Å². The molecule has 0 aromatic heterocycles. The highest BCUT2D eigenvalue weighted by molar-refractivity contribution is 9.10. The van der Waals surface area contributed by atoms with Crippen LogP contribution >= 0.6 is 15.9 Å². The van der Waals surface area contributed by atoms with Crippen LogP contribution < -0.4 is 5.73 Å². The van der Waals surface area contributed by atoms with Gasteiger partial charge in [-0.15, -0.1) is 0 Å². The Morgan fingerprint density at radius 3 is 2.47 bits per heavy atom. The highest BCUT2D eigenvalue weighted by Crippen LogP contribution is 2.25. The van der Waals surface area contributed by atoms with Crippen molar-refractivity contribution in [2.75, 3.05) is 18.8 Å². The third-order valence-corrected chi connectivity index (χ3v) is 4.96. The van der Waals surface area contributed by atoms with E-state index in [0.29, 0.717) is 13.1 Å². The van der Waals surface area contributed by atoms with E-state index < -0.39 is 10.0 Å². The molecular weight excluding hydrogens is 304 g/mol. The molecule has 0 saturated heterocycles. The standard InChI is InChI=1S/C11H17BrN2O2S/c1-3-7-14(4-2)17(15,16)11-6-5-9(12)8-10(11)13/h5-6,8H,3-4,7,13H2,1-2H3. The molecule has 96 valence electrons. The Balaban J connectivity index is 3.20. The van der Waals surface area contributed by atoms with E-state index in [1.807, 2.05) is 13.8 Å². The summed E-state index contributed by atoms with van der Waals surface area (Å²) in [6.07, 6.45) is 0.781. The van der Waals surface area contributed by atoms with Gasteiger partial charge in [0.2, 0.25) is 10.0 Å². The fourth-order valence-corrected chi connectivity index (χ4v) is 3.61. The second kappa shape index (κ2) is 5.84. The monoisotopic (exact) mass is 320 g/mol. The van der Waals surface area contributed by atoms with Gasteiger partial charge in [0.1, 0.15) is 4.90 Å². The van der Waals surface area contributed by atoms with Gasteiger partial charge in [0.05, 0.1) is 5.69 Å². The molecule has 17 heavy (non-hydrogen) atoms. The molecule has 2 N–H and O–H groups in total. The molecule has 0 saturated carbocycles. The molecule has 0 aliphatic rings. The van der Waals surface area contributed by atoms with Gasteiger partial charge in [0, 0.05) is 17.6 Å². The van der Waals surface area contributed by atoms with Gasteiger partial charge in [-0.25, -0.2) is 8.42 Å². The summed E-state index contributed by atoms with van der Waals surface area (Å²) in [5.41, 5.74) is 6.03. The van der Waals surface area contributed by atoms with E-state index >= 15 is 0 Å². The zero-order valence-electron chi connectivity index (χ0n) is 9.98. The minimum atomic E-state index is -3.47. The molecule has 1 rings (SSSR count). The molecule has 6 heteroatoms. The molecule has 1 aromatic carbocycles. The van der Waals surface area contributed by atoms with Gasteiger partial charge in [0.25, 0.3) is 0 Å². The summed E-state index contributed by atoms with van der Waals surface area (Å²) >= 11 is 3.26. The van der Waals surface area contributed by atoms with Crippen molar-refractivity contribution in [1.82, 2.24) is 4.31 Å². The number of nitrogen functional groups attached to an aromatic ring is 1. The molecular formula is C11H17BrN2O2S. The number of sulfonamides is 1. The average Bonchev–Trinajstić information content (AvgIpc) is 2.24. The van der Waals surface area contributed by atoms with Gasteiger partial charge in [-0.1, -0.05) is 29.8 Å². The maximum Gasteiger partial charge on any atom is 0.245 e. The third-order valence-electron chi connectivity index (χ3n) is 2.42. The van der Waals surface area contributed by atoms with Crippen LogP contribution in [0, 0.1) is 0 Å². The SMILES string of the molecule is CCCN(CC)S(=O)(=O)c1ccc(Br)cc1N. The minimum Gasteiger partial charge on any atom is -0.398 e. The van der Waals surface area contributed by atoms with Crippen molar-refractivity contribution in [3.63, 3.8) is 0 Å². The Bertz CT molecular complexity index is 488. The molecule has 0 fully saturated rings. The van der Waals surface area contributed by atoms with Crippen LogP contribution in [0.1, 0.15) is 20.3 Å². The van der Waals surface area contributed by atoms with Crippen LogP contribution in [-0.4, -0.2) is 25.8 Å². The maximum absolute atomic E-state index is 12.3. The van der Waals surface area contributed by atoms with E-state index in [4.69, 9.17) is 5.73 Å². The molecule has 0 aliphatic heterocycles. The lowest BCUT2D eigenvalue weighted by Crippen LogP contribution is -2.32. The number of anilines is 1. The lowest BCUT2D eigenvalue weighted by Gasteiger charge is -2.20. The van der Waals surface area contributed by atoms with Crippen LogP contribution in [0.5, 0.6) is 0 Å². The predicted molar refractivity (Wildman–Crippen MR) is 73.3 cm³/mol. The Hall–Kier alpha value is -0.590.